The highest BCUT2D eigenvalue weighted by molar-refractivity contribution is 9.10. The molecule has 1 aromatic heterocycles. The van der Waals surface area contributed by atoms with Crippen LogP contribution in [0.2, 0.25) is 0 Å². The number of carbonyl (C=O) groups excluding carboxylic acids is 2. The van der Waals surface area contributed by atoms with E-state index >= 15 is 0 Å². The number of halogens is 2. The van der Waals surface area contributed by atoms with Crippen molar-refractivity contribution in [1.82, 2.24) is 15.3 Å². The molecule has 0 saturated heterocycles. The smallest absolute Gasteiger partial charge is 0.252 e. The van der Waals surface area contributed by atoms with Crippen LogP contribution in [0.15, 0.2) is 46.9 Å². The molecule has 3 N–H and O–H groups in total. The Labute approximate surface area is 151 Å². The molecule has 8 heteroatoms. The molecule has 0 fully saturated rings. The van der Waals surface area contributed by atoms with Crippen molar-refractivity contribution in [2.75, 3.05) is 11.9 Å². The highest BCUT2D eigenvalue weighted by atomic mass is 79.9. The number of nitrogens with one attached hydrogen (secondary N) is 3. The number of fused-ring (bicyclic) bond motifs is 1. The van der Waals surface area contributed by atoms with E-state index in [1.807, 2.05) is 24.3 Å². The second-order valence-corrected chi connectivity index (χ2v) is 6.14. The largest absolute Gasteiger partial charge is 0.351 e. The summed E-state index contributed by atoms with van der Waals surface area (Å²) in [4.78, 5) is 31.2. The van der Waals surface area contributed by atoms with Crippen molar-refractivity contribution < 1.29 is 14.0 Å². The van der Waals surface area contributed by atoms with Gasteiger partial charge in [0.15, 0.2) is 0 Å². The predicted molar refractivity (Wildman–Crippen MR) is 95.8 cm³/mol. The number of benzene rings is 2. The number of rotatable bonds is 5. The molecule has 128 valence electrons. The highest BCUT2D eigenvalue weighted by Crippen LogP contribution is 2.17. The van der Waals surface area contributed by atoms with Gasteiger partial charge in [-0.15, -0.1) is 0 Å². The predicted octanol–water partition coefficient (Wildman–Crippen LogP) is 3.22. The second kappa shape index (κ2) is 7.43. The third kappa shape index (κ3) is 4.21. The van der Waals surface area contributed by atoms with Crippen molar-refractivity contribution in [3.05, 3.63) is 58.3 Å². The van der Waals surface area contributed by atoms with Crippen molar-refractivity contribution in [3.8, 4) is 0 Å². The standard InChI is InChI=1S/C17H14BrFN4O2/c18-12-6-5-10(19)9-11(12)16(25)20-8-7-15(24)23-17-21-13-3-1-2-4-14(13)22-17/h1-6,9H,7-8H2,(H,20,25)(H2,21,22,23,24). The lowest BCUT2D eigenvalue weighted by atomic mass is 10.2. The minimum Gasteiger partial charge on any atom is -0.351 e. The number of amides is 2. The maximum Gasteiger partial charge on any atom is 0.252 e. The summed E-state index contributed by atoms with van der Waals surface area (Å²) < 4.78 is 13.7. The topological polar surface area (TPSA) is 86.9 Å². The number of para-hydroxylation sites is 2. The molecule has 3 rings (SSSR count). The first-order valence-corrected chi connectivity index (χ1v) is 8.30. The van der Waals surface area contributed by atoms with Gasteiger partial charge in [0, 0.05) is 17.4 Å². The van der Waals surface area contributed by atoms with Crippen molar-refractivity contribution in [3.63, 3.8) is 0 Å². The fourth-order valence-corrected chi connectivity index (χ4v) is 2.69. The molecule has 0 aliphatic heterocycles. The first-order valence-electron chi connectivity index (χ1n) is 7.51. The molecule has 6 nitrogen and oxygen atoms in total. The van der Waals surface area contributed by atoms with Gasteiger partial charge < -0.3 is 10.3 Å². The van der Waals surface area contributed by atoms with Gasteiger partial charge in [0.1, 0.15) is 5.82 Å². The summed E-state index contributed by atoms with van der Waals surface area (Å²) in [7, 11) is 0. The van der Waals surface area contributed by atoms with Gasteiger partial charge in [0.05, 0.1) is 16.6 Å². The maximum atomic E-state index is 13.2. The minimum absolute atomic E-state index is 0.0652. The van der Waals surface area contributed by atoms with Crippen LogP contribution in [-0.4, -0.2) is 28.3 Å². The normalized spacial score (nSPS) is 10.6. The zero-order chi connectivity index (χ0) is 17.8. The van der Waals surface area contributed by atoms with Crippen LogP contribution in [0, 0.1) is 5.82 Å². The molecule has 0 radical (unpaired) electrons. The number of H-pyrrole nitrogens is 1. The molecule has 0 saturated carbocycles. The van der Waals surface area contributed by atoms with Gasteiger partial charge in [-0.25, -0.2) is 9.37 Å². The van der Waals surface area contributed by atoms with Crippen LogP contribution in [0.5, 0.6) is 0 Å². The summed E-state index contributed by atoms with van der Waals surface area (Å²) in [5, 5.41) is 5.22. The molecule has 0 spiro atoms. The van der Waals surface area contributed by atoms with E-state index in [0.717, 1.165) is 17.1 Å². The van der Waals surface area contributed by atoms with Gasteiger partial charge >= 0.3 is 0 Å². The molecule has 1 heterocycles. The number of imidazole rings is 1. The van der Waals surface area contributed by atoms with E-state index in [4.69, 9.17) is 0 Å². The number of anilines is 1. The number of hydrogen-bond acceptors (Lipinski definition) is 3. The van der Waals surface area contributed by atoms with E-state index < -0.39 is 11.7 Å². The van der Waals surface area contributed by atoms with Crippen molar-refractivity contribution in [2.45, 2.75) is 6.42 Å². The third-order valence-corrected chi connectivity index (χ3v) is 4.15. The van der Waals surface area contributed by atoms with E-state index in [1.165, 1.54) is 12.1 Å². The number of aromatic amines is 1. The number of hydrogen-bond donors (Lipinski definition) is 3. The van der Waals surface area contributed by atoms with Crippen LogP contribution < -0.4 is 10.6 Å². The Morgan fingerprint density at radius 3 is 2.80 bits per heavy atom. The number of aromatic nitrogens is 2. The van der Waals surface area contributed by atoms with Crippen LogP contribution in [0.1, 0.15) is 16.8 Å². The van der Waals surface area contributed by atoms with E-state index in [-0.39, 0.29) is 24.4 Å². The molecule has 25 heavy (non-hydrogen) atoms. The molecule has 0 aliphatic rings. The van der Waals surface area contributed by atoms with Gasteiger partial charge in [-0.05, 0) is 46.3 Å². The van der Waals surface area contributed by atoms with E-state index in [0.29, 0.717) is 10.4 Å². The molecule has 0 atom stereocenters. The Kier molecular flexibility index (Phi) is 5.08. The summed E-state index contributed by atoms with van der Waals surface area (Å²) in [6, 6.07) is 11.3. The fraction of sp³-hybridized carbons (Fsp3) is 0.118. The second-order valence-electron chi connectivity index (χ2n) is 5.28. The average molecular weight is 405 g/mol. The quantitative estimate of drug-likeness (QED) is 0.609. The molecule has 2 aromatic carbocycles. The van der Waals surface area contributed by atoms with Crippen LogP contribution in [0.25, 0.3) is 11.0 Å². The summed E-state index contributed by atoms with van der Waals surface area (Å²) in [6.45, 7) is 0.119. The van der Waals surface area contributed by atoms with Crippen molar-refractivity contribution in [2.24, 2.45) is 0 Å². The molecule has 0 unspecified atom stereocenters. The Bertz CT molecular complexity index is 908. The first-order chi connectivity index (χ1) is 12.0. The third-order valence-electron chi connectivity index (χ3n) is 3.46. The van der Waals surface area contributed by atoms with Gasteiger partial charge in [-0.3, -0.25) is 14.9 Å². The SMILES string of the molecule is O=C(CCNC(=O)c1cc(F)ccc1Br)Nc1nc2ccccc2[nH]1. The zero-order valence-electron chi connectivity index (χ0n) is 13.0. The Morgan fingerprint density at radius 1 is 1.20 bits per heavy atom. The first kappa shape index (κ1) is 17.1. The summed E-state index contributed by atoms with van der Waals surface area (Å²) >= 11 is 3.19. The summed E-state index contributed by atoms with van der Waals surface area (Å²) in [6.07, 6.45) is 0.0652. The van der Waals surface area contributed by atoms with Gasteiger partial charge in [0.25, 0.3) is 5.91 Å². The Morgan fingerprint density at radius 2 is 2.00 bits per heavy atom. The van der Waals surface area contributed by atoms with Gasteiger partial charge in [-0.2, -0.15) is 0 Å². The number of nitrogens with zero attached hydrogens (tertiary/aromatic N) is 1. The van der Waals surface area contributed by atoms with E-state index in [9.17, 15) is 14.0 Å². The van der Waals surface area contributed by atoms with Crippen molar-refractivity contribution >= 4 is 44.7 Å². The maximum absolute atomic E-state index is 13.2. The lowest BCUT2D eigenvalue weighted by Gasteiger charge is -2.07. The molecule has 3 aromatic rings. The molecule has 0 bridgehead atoms. The monoisotopic (exact) mass is 404 g/mol. The lowest BCUT2D eigenvalue weighted by molar-refractivity contribution is -0.116. The van der Waals surface area contributed by atoms with E-state index in [2.05, 4.69) is 36.5 Å². The summed E-state index contributed by atoms with van der Waals surface area (Å²) in [5.41, 5.74) is 1.75. The van der Waals surface area contributed by atoms with Crippen LogP contribution in [0.3, 0.4) is 0 Å². The van der Waals surface area contributed by atoms with Crippen LogP contribution >= 0.6 is 15.9 Å². The summed E-state index contributed by atoms with van der Waals surface area (Å²) in [5.74, 6) is -0.901. The molecular weight excluding hydrogens is 391 g/mol. The Balaban J connectivity index is 1.52. The van der Waals surface area contributed by atoms with Gasteiger partial charge in [-0.1, -0.05) is 12.1 Å². The fourth-order valence-electron chi connectivity index (χ4n) is 2.26. The van der Waals surface area contributed by atoms with Gasteiger partial charge in [0.2, 0.25) is 11.9 Å². The van der Waals surface area contributed by atoms with E-state index in [1.54, 1.807) is 0 Å². The van der Waals surface area contributed by atoms with Crippen LogP contribution in [-0.2, 0) is 4.79 Å². The average Bonchev–Trinajstić information content (AvgIpc) is 2.99. The minimum atomic E-state index is -0.504. The Hall–Kier alpha value is -2.74. The van der Waals surface area contributed by atoms with Crippen LogP contribution in [0.4, 0.5) is 10.3 Å². The zero-order valence-corrected chi connectivity index (χ0v) is 14.6. The lowest BCUT2D eigenvalue weighted by Crippen LogP contribution is -2.28. The molecule has 0 aliphatic carbocycles. The highest BCUT2D eigenvalue weighted by Gasteiger charge is 2.12. The molecule has 2 amide bonds. The molecular formula is C17H14BrFN4O2. The van der Waals surface area contributed by atoms with Crippen molar-refractivity contribution in [1.29, 1.82) is 0 Å². The number of carbonyl (C=O) groups is 2.